The molecule has 5 rings (SSSR count). The van der Waals surface area contributed by atoms with Gasteiger partial charge >= 0.3 is 0 Å². The molecule has 1 heterocycles. The van der Waals surface area contributed by atoms with Gasteiger partial charge in [0.05, 0.1) is 25.3 Å². The van der Waals surface area contributed by atoms with Crippen LogP contribution in [0, 0.1) is 0 Å². The van der Waals surface area contributed by atoms with Gasteiger partial charge in [0.2, 0.25) is 6.29 Å². The molecular weight excluding hydrogens is 586 g/mol. The molecule has 5 atom stereocenters. The normalized spacial score (nSPS) is 22.4. The molecule has 0 saturated carbocycles. The van der Waals surface area contributed by atoms with Crippen LogP contribution in [-0.2, 0) is 24.1 Å². The van der Waals surface area contributed by atoms with E-state index in [4.69, 9.17) is 25.7 Å². The third-order valence-corrected chi connectivity index (χ3v) is 7.84. The van der Waals surface area contributed by atoms with E-state index < -0.39 is 55.5 Å². The van der Waals surface area contributed by atoms with Gasteiger partial charge in [0.1, 0.15) is 31.0 Å². The summed E-state index contributed by atoms with van der Waals surface area (Å²) in [5.74, 6) is -1.68. The van der Waals surface area contributed by atoms with E-state index in [1.807, 2.05) is 30.3 Å². The number of hydrogen-bond acceptors (Lipinski definition) is 11. The summed E-state index contributed by atoms with van der Waals surface area (Å²) in [5, 5.41) is 51.0. The molecule has 238 valence electrons. The van der Waals surface area contributed by atoms with Gasteiger partial charge in [-0.25, -0.2) is 4.99 Å². The van der Waals surface area contributed by atoms with Crippen molar-refractivity contribution in [1.82, 2.24) is 0 Å². The van der Waals surface area contributed by atoms with E-state index in [0.717, 1.165) is 5.56 Å². The number of guanidine groups is 1. The summed E-state index contributed by atoms with van der Waals surface area (Å²) in [4.78, 5) is 32.5. The first-order valence-electron chi connectivity index (χ1n) is 14.4. The standard InChI is InChI=1S/C32H35N3O10/c33-32(34)35-14-20-17(11-10-16-6-2-1-3-7-16)22-23(25(39)19-9-5-4-8-18(19)24(22)38)30(43-13-12-36)29(20)45-31-28(42)27(41)26(40)21(15-37)44-31/h1-9,21,26-28,31,36-37,40-42H,10-15H2,(H4,33,34,35)/t21-,26-,27+,28-,31-/m0/s1. The first kappa shape index (κ1) is 32.0. The molecule has 45 heavy (non-hydrogen) atoms. The summed E-state index contributed by atoms with van der Waals surface area (Å²) in [6.07, 6.45) is -7.58. The lowest BCUT2D eigenvalue weighted by molar-refractivity contribution is -0.277. The predicted octanol–water partition coefficient (Wildman–Crippen LogP) is -0.430. The van der Waals surface area contributed by atoms with E-state index in [2.05, 4.69) is 4.99 Å². The van der Waals surface area contributed by atoms with Crippen molar-refractivity contribution in [2.45, 2.75) is 50.1 Å². The third-order valence-electron chi connectivity index (χ3n) is 7.84. The minimum absolute atomic E-state index is 0.0597. The lowest BCUT2D eigenvalue weighted by atomic mass is 9.78. The van der Waals surface area contributed by atoms with Crippen molar-refractivity contribution < 1.29 is 49.3 Å². The zero-order valence-electron chi connectivity index (χ0n) is 24.2. The molecule has 3 aromatic rings. The lowest BCUT2D eigenvalue weighted by Crippen LogP contribution is -2.60. The van der Waals surface area contributed by atoms with Gasteiger partial charge in [-0.15, -0.1) is 0 Å². The molecule has 1 aliphatic heterocycles. The Kier molecular flexibility index (Phi) is 9.77. The molecule has 13 nitrogen and oxygen atoms in total. The van der Waals surface area contributed by atoms with Gasteiger partial charge < -0.3 is 51.2 Å². The number of rotatable bonds is 11. The zero-order valence-corrected chi connectivity index (χ0v) is 24.2. The van der Waals surface area contributed by atoms with Gasteiger partial charge in [0.25, 0.3) is 0 Å². The number of carbonyl (C=O) groups is 2. The molecule has 0 unspecified atom stereocenters. The van der Waals surface area contributed by atoms with Crippen molar-refractivity contribution in [2.24, 2.45) is 16.5 Å². The second-order valence-corrected chi connectivity index (χ2v) is 10.7. The van der Waals surface area contributed by atoms with Crippen LogP contribution in [0.4, 0.5) is 0 Å². The van der Waals surface area contributed by atoms with Crippen LogP contribution in [0.3, 0.4) is 0 Å². The molecule has 0 spiro atoms. The number of hydrogen-bond donors (Lipinski definition) is 7. The highest BCUT2D eigenvalue weighted by Crippen LogP contribution is 2.46. The van der Waals surface area contributed by atoms with Crippen molar-refractivity contribution in [3.8, 4) is 11.5 Å². The number of benzene rings is 3. The highest BCUT2D eigenvalue weighted by atomic mass is 16.7. The number of fused-ring (bicyclic) bond motifs is 2. The van der Waals surface area contributed by atoms with Gasteiger partial charge in [0.15, 0.2) is 29.0 Å². The Balaban J connectivity index is 1.78. The zero-order chi connectivity index (χ0) is 32.2. The number of nitrogens with two attached hydrogens (primary N) is 2. The highest BCUT2D eigenvalue weighted by molar-refractivity contribution is 6.30. The number of ether oxygens (including phenoxy) is 3. The van der Waals surface area contributed by atoms with Crippen molar-refractivity contribution in [3.05, 3.63) is 93.5 Å². The summed E-state index contributed by atoms with van der Waals surface area (Å²) in [6, 6.07) is 15.8. The first-order chi connectivity index (χ1) is 21.7. The average molecular weight is 622 g/mol. The van der Waals surface area contributed by atoms with Gasteiger partial charge in [-0.1, -0.05) is 54.6 Å². The molecule has 1 fully saturated rings. The lowest BCUT2D eigenvalue weighted by Gasteiger charge is -2.40. The van der Waals surface area contributed by atoms with E-state index in [0.29, 0.717) is 12.0 Å². The molecule has 0 aromatic heterocycles. The Labute approximate surface area is 258 Å². The summed E-state index contributed by atoms with van der Waals surface area (Å²) >= 11 is 0. The molecule has 9 N–H and O–H groups in total. The maximum absolute atomic E-state index is 14.2. The SMILES string of the molecule is NC(N)=NCc1c(CCc2ccccc2)c2c(c(OCCO)c1O[C@@H]1O[C@@H](CO)[C@H](O)[C@@H](O)[C@@H]1O)C(=O)c1ccccc1C2=O. The number of aryl methyl sites for hydroxylation is 1. The quantitative estimate of drug-likeness (QED) is 0.0836. The molecule has 3 aromatic carbocycles. The fraction of sp³-hybridized carbons (Fsp3) is 0.344. The van der Waals surface area contributed by atoms with Crippen molar-refractivity contribution in [2.75, 3.05) is 19.8 Å². The van der Waals surface area contributed by atoms with E-state index in [9.17, 15) is 35.1 Å². The van der Waals surface area contributed by atoms with Crippen LogP contribution in [0.5, 0.6) is 11.5 Å². The number of ketones is 2. The molecular formula is C32H35N3O10. The van der Waals surface area contributed by atoms with Gasteiger partial charge in [-0.05, 0) is 24.0 Å². The fourth-order valence-corrected chi connectivity index (χ4v) is 5.64. The Bertz CT molecular complexity index is 1590. The molecule has 13 heteroatoms. The minimum atomic E-state index is -1.81. The van der Waals surface area contributed by atoms with E-state index in [1.54, 1.807) is 18.2 Å². The maximum Gasteiger partial charge on any atom is 0.229 e. The molecule has 0 radical (unpaired) electrons. The molecule has 1 aliphatic carbocycles. The van der Waals surface area contributed by atoms with Crippen molar-refractivity contribution in [3.63, 3.8) is 0 Å². The summed E-state index contributed by atoms with van der Waals surface area (Å²) < 4.78 is 17.7. The number of aliphatic imine (C=N–C) groups is 1. The van der Waals surface area contributed by atoms with Crippen molar-refractivity contribution in [1.29, 1.82) is 0 Å². The summed E-state index contributed by atoms with van der Waals surface area (Å²) in [7, 11) is 0. The second kappa shape index (κ2) is 13.7. The van der Waals surface area contributed by atoms with Crippen molar-refractivity contribution >= 4 is 17.5 Å². The van der Waals surface area contributed by atoms with E-state index in [-0.39, 0.29) is 64.8 Å². The fourth-order valence-electron chi connectivity index (χ4n) is 5.64. The molecule has 0 bridgehead atoms. The monoisotopic (exact) mass is 621 g/mol. The van der Waals surface area contributed by atoms with Gasteiger partial charge in [-0.3, -0.25) is 9.59 Å². The van der Waals surface area contributed by atoms with Gasteiger partial charge in [0, 0.05) is 22.3 Å². The predicted molar refractivity (Wildman–Crippen MR) is 160 cm³/mol. The number of carbonyl (C=O) groups excluding carboxylic acids is 2. The van der Waals surface area contributed by atoms with E-state index >= 15 is 0 Å². The van der Waals surface area contributed by atoms with E-state index in [1.165, 1.54) is 6.07 Å². The number of aliphatic hydroxyl groups is 5. The maximum atomic E-state index is 14.2. The molecule has 2 aliphatic rings. The van der Waals surface area contributed by atoms with Crippen LogP contribution in [0.2, 0.25) is 0 Å². The van der Waals surface area contributed by atoms with Crippen LogP contribution < -0.4 is 20.9 Å². The Morgan fingerprint density at radius 3 is 2.07 bits per heavy atom. The Morgan fingerprint density at radius 1 is 0.800 bits per heavy atom. The van der Waals surface area contributed by atoms with Crippen LogP contribution in [0.25, 0.3) is 0 Å². The summed E-state index contributed by atoms with van der Waals surface area (Å²) in [6.45, 7) is -1.75. The largest absolute Gasteiger partial charge is 0.486 e. The van der Waals surface area contributed by atoms with Crippen LogP contribution >= 0.6 is 0 Å². The molecule has 1 saturated heterocycles. The number of nitrogens with zero attached hydrogens (tertiary/aromatic N) is 1. The smallest absolute Gasteiger partial charge is 0.229 e. The highest BCUT2D eigenvalue weighted by Gasteiger charge is 2.46. The minimum Gasteiger partial charge on any atom is -0.486 e. The average Bonchev–Trinajstić information content (AvgIpc) is 3.05. The Hall–Kier alpha value is -4.37. The topological polar surface area (TPSA) is 227 Å². The second-order valence-electron chi connectivity index (χ2n) is 10.7. The molecule has 0 amide bonds. The Morgan fingerprint density at radius 2 is 1.44 bits per heavy atom. The number of aliphatic hydroxyl groups excluding tert-OH is 5. The third kappa shape index (κ3) is 6.27. The summed E-state index contributed by atoms with van der Waals surface area (Å²) in [5.41, 5.74) is 13.2. The van der Waals surface area contributed by atoms with Crippen LogP contribution in [-0.4, -0.2) is 93.6 Å². The van der Waals surface area contributed by atoms with Crippen LogP contribution in [0.15, 0.2) is 59.6 Å². The first-order valence-corrected chi connectivity index (χ1v) is 14.4. The van der Waals surface area contributed by atoms with Gasteiger partial charge in [-0.2, -0.15) is 0 Å². The van der Waals surface area contributed by atoms with Crippen LogP contribution in [0.1, 0.15) is 48.5 Å².